The van der Waals surface area contributed by atoms with E-state index in [1.807, 2.05) is 46.9 Å². The van der Waals surface area contributed by atoms with Crippen molar-refractivity contribution in [3.63, 3.8) is 0 Å². The van der Waals surface area contributed by atoms with Gasteiger partial charge in [-0.15, -0.1) is 22.7 Å². The lowest BCUT2D eigenvalue weighted by Crippen LogP contribution is -2.09. The van der Waals surface area contributed by atoms with Crippen LogP contribution in [0.2, 0.25) is 0 Å². The van der Waals surface area contributed by atoms with Crippen LogP contribution in [0.1, 0.15) is 0 Å². The zero-order valence-corrected chi connectivity index (χ0v) is 57.0. The maximum absolute atomic E-state index is 6.34. The van der Waals surface area contributed by atoms with E-state index in [4.69, 9.17) is 8.83 Å². The molecular formula is C96H62N2O2S2. The normalized spacial score (nSPS) is 11.5. The molecule has 0 bridgehead atoms. The number of thiophene rings is 2. The fourth-order valence-electron chi connectivity index (χ4n) is 14.8. The van der Waals surface area contributed by atoms with E-state index in [9.17, 15) is 0 Å². The predicted molar refractivity (Wildman–Crippen MR) is 435 cm³/mol. The Kier molecular flexibility index (Phi) is 15.3. The van der Waals surface area contributed by atoms with Crippen molar-refractivity contribution >= 4 is 141 Å². The summed E-state index contributed by atoms with van der Waals surface area (Å²) in [5, 5.41) is 9.86. The minimum atomic E-state index is 0.909. The van der Waals surface area contributed by atoms with Crippen molar-refractivity contribution in [2.24, 2.45) is 0 Å². The first-order valence-corrected chi connectivity index (χ1v) is 36.1. The van der Waals surface area contributed by atoms with Gasteiger partial charge in [0.15, 0.2) is 0 Å². The van der Waals surface area contributed by atoms with Gasteiger partial charge in [-0.05, 0) is 153 Å². The van der Waals surface area contributed by atoms with Crippen LogP contribution >= 0.6 is 22.7 Å². The number of para-hydroxylation sites is 5. The molecule has 0 unspecified atom stereocenters. The molecule has 6 heteroatoms. The molecule has 16 aromatic carbocycles. The van der Waals surface area contributed by atoms with Gasteiger partial charge in [0.05, 0.1) is 0 Å². The summed E-state index contributed by atoms with van der Waals surface area (Å²) in [6.07, 6.45) is 0. The van der Waals surface area contributed by atoms with Crippen LogP contribution in [0.15, 0.2) is 385 Å². The Morgan fingerprint density at radius 3 is 0.843 bits per heavy atom. The number of furan rings is 2. The Morgan fingerprint density at radius 2 is 0.441 bits per heavy atom. The molecule has 4 heterocycles. The number of hydrogen-bond acceptors (Lipinski definition) is 6. The maximum atomic E-state index is 6.34. The smallest absolute Gasteiger partial charge is 0.143 e. The summed E-state index contributed by atoms with van der Waals surface area (Å²) in [7, 11) is 0. The van der Waals surface area contributed by atoms with Crippen molar-refractivity contribution in [1.82, 2.24) is 0 Å². The van der Waals surface area contributed by atoms with Crippen molar-refractivity contribution in [2.45, 2.75) is 0 Å². The van der Waals surface area contributed by atoms with Gasteiger partial charge in [0.2, 0.25) is 0 Å². The average molecular weight is 1340 g/mol. The minimum absolute atomic E-state index is 0.909. The van der Waals surface area contributed by atoms with E-state index in [-0.39, 0.29) is 0 Å². The first-order valence-electron chi connectivity index (χ1n) is 34.5. The molecule has 0 N–H and O–H groups in total. The largest absolute Gasteiger partial charge is 0.455 e. The third-order valence-electron chi connectivity index (χ3n) is 19.8. The van der Waals surface area contributed by atoms with Crippen LogP contribution < -0.4 is 9.80 Å². The van der Waals surface area contributed by atoms with Crippen LogP contribution in [0.5, 0.6) is 0 Å². The molecule has 0 atom stereocenters. The van der Waals surface area contributed by atoms with Crippen LogP contribution in [-0.4, -0.2) is 0 Å². The summed E-state index contributed by atoms with van der Waals surface area (Å²) < 4.78 is 18.0. The monoisotopic (exact) mass is 1340 g/mol. The van der Waals surface area contributed by atoms with E-state index in [1.165, 1.54) is 73.7 Å². The van der Waals surface area contributed by atoms with E-state index >= 15 is 0 Å². The maximum Gasteiger partial charge on any atom is 0.143 e. The zero-order chi connectivity index (χ0) is 67.5. The van der Waals surface area contributed by atoms with Crippen molar-refractivity contribution < 1.29 is 8.83 Å². The first-order chi connectivity index (χ1) is 50.6. The third-order valence-corrected chi connectivity index (χ3v) is 22.3. The van der Waals surface area contributed by atoms with Gasteiger partial charge in [-0.3, -0.25) is 0 Å². The molecule has 20 rings (SSSR count). The fraction of sp³-hybridized carbons (Fsp3) is 0. The molecule has 0 saturated heterocycles. The first kappa shape index (κ1) is 60.3. The van der Waals surface area contributed by atoms with E-state index in [0.717, 1.165) is 111 Å². The quantitative estimate of drug-likeness (QED) is 0.122. The molecule has 0 saturated carbocycles. The Bertz CT molecular complexity index is 6300. The summed E-state index contributed by atoms with van der Waals surface area (Å²) in [5.41, 5.74) is 24.5. The predicted octanol–water partition coefficient (Wildman–Crippen LogP) is 28.8. The number of hydrogen-bond donors (Lipinski definition) is 0. The molecule has 0 aliphatic carbocycles. The van der Waals surface area contributed by atoms with Crippen LogP contribution in [0.3, 0.4) is 0 Å². The van der Waals surface area contributed by atoms with Gasteiger partial charge in [-0.25, -0.2) is 0 Å². The van der Waals surface area contributed by atoms with Gasteiger partial charge < -0.3 is 18.6 Å². The van der Waals surface area contributed by atoms with Gasteiger partial charge in [0, 0.05) is 107 Å². The van der Waals surface area contributed by atoms with E-state index in [1.54, 1.807) is 0 Å². The molecular weight excluding hydrogens is 1280 g/mol. The molecule has 102 heavy (non-hydrogen) atoms. The van der Waals surface area contributed by atoms with Gasteiger partial charge in [-0.2, -0.15) is 0 Å². The lowest BCUT2D eigenvalue weighted by molar-refractivity contribution is 0.669. The molecule has 4 nitrogen and oxygen atoms in total. The highest BCUT2D eigenvalue weighted by molar-refractivity contribution is 7.26. The number of fused-ring (bicyclic) bond motifs is 12. The van der Waals surface area contributed by atoms with Gasteiger partial charge in [-0.1, -0.05) is 279 Å². The van der Waals surface area contributed by atoms with Crippen molar-refractivity contribution in [1.29, 1.82) is 0 Å². The molecule has 0 aliphatic rings. The molecule has 0 aliphatic heterocycles. The lowest BCUT2D eigenvalue weighted by atomic mass is 9.98. The summed E-state index contributed by atoms with van der Waals surface area (Å²) in [6.45, 7) is 0. The molecule has 0 spiro atoms. The minimum Gasteiger partial charge on any atom is -0.455 e. The molecule has 480 valence electrons. The van der Waals surface area contributed by atoms with Crippen molar-refractivity contribution in [2.75, 3.05) is 9.80 Å². The molecule has 20 aromatic rings. The van der Waals surface area contributed by atoms with E-state index in [2.05, 4.69) is 362 Å². The second-order valence-corrected chi connectivity index (χ2v) is 27.9. The zero-order valence-electron chi connectivity index (χ0n) is 55.3. The Balaban J connectivity index is 0.000000141. The SMILES string of the molecule is c1ccc(-c2ccc(N(c3ccc(-c4cccc5c4sc4ccccc45)cc3)c3ccc(-c4cccc5c4sc4ccccc45)cc3)cc2)cc1.c1ccc(N(c2ccc(-c3ccc(-c4cccc5c4oc4ccccc45)cc3)cc2)c2ccc(-c3cccc4c3oc3ccccc34)cc2)cc1. The molecule has 0 amide bonds. The van der Waals surface area contributed by atoms with Gasteiger partial charge >= 0.3 is 0 Å². The number of anilines is 6. The third kappa shape index (κ3) is 10.9. The van der Waals surface area contributed by atoms with Crippen LogP contribution in [-0.2, 0) is 0 Å². The highest BCUT2D eigenvalue weighted by Crippen LogP contribution is 2.46. The Hall–Kier alpha value is -12.8. The van der Waals surface area contributed by atoms with E-state index in [0.29, 0.717) is 0 Å². The molecule has 0 radical (unpaired) electrons. The van der Waals surface area contributed by atoms with Crippen LogP contribution in [0, 0.1) is 0 Å². The average Bonchev–Trinajstić information content (AvgIpc) is 1.65. The van der Waals surface area contributed by atoms with Crippen molar-refractivity contribution in [3.8, 4) is 66.8 Å². The van der Waals surface area contributed by atoms with Gasteiger partial charge in [0.25, 0.3) is 0 Å². The highest BCUT2D eigenvalue weighted by atomic mass is 32.1. The number of benzene rings is 16. The lowest BCUT2D eigenvalue weighted by Gasteiger charge is -2.26. The second kappa shape index (κ2) is 25.8. The van der Waals surface area contributed by atoms with Gasteiger partial charge in [0.1, 0.15) is 22.3 Å². The summed E-state index contributed by atoms with van der Waals surface area (Å²) in [6, 6.07) is 135. The Morgan fingerprint density at radius 1 is 0.176 bits per heavy atom. The standard InChI is InChI=1S/C48H31NO2.C48H31NS2/c1-2-10-36(11-3-1)49(38-30-26-35(27-31-38)40-15-9-17-44-42-13-5-7-19-46(42)51-48(40)44)37-28-24-33(25-29-37)32-20-22-34(23-21-32)39-14-8-16-43-41-12-4-6-18-45(41)50-47(39)43;1-2-10-32(11-3-1)33-20-26-36(27-21-33)49(37-28-22-34(23-29-37)39-14-8-16-43-41-12-4-6-18-45(41)50-47(39)43)38-30-24-35(25-31-38)40-15-9-17-44-42-13-5-7-19-46(42)51-48(40)44/h2*1-31H. The highest BCUT2D eigenvalue weighted by Gasteiger charge is 2.20. The molecule has 4 aromatic heterocycles. The topological polar surface area (TPSA) is 32.8 Å². The van der Waals surface area contributed by atoms with Crippen LogP contribution in [0.25, 0.3) is 151 Å². The summed E-state index contributed by atoms with van der Waals surface area (Å²) in [4.78, 5) is 4.66. The summed E-state index contributed by atoms with van der Waals surface area (Å²) in [5.74, 6) is 0. The summed E-state index contributed by atoms with van der Waals surface area (Å²) >= 11 is 3.76. The number of rotatable bonds is 12. The van der Waals surface area contributed by atoms with Crippen LogP contribution in [0.4, 0.5) is 34.1 Å². The van der Waals surface area contributed by atoms with E-state index < -0.39 is 0 Å². The molecule has 0 fully saturated rings. The Labute approximate surface area is 598 Å². The fourth-order valence-corrected chi connectivity index (χ4v) is 17.3. The second-order valence-electron chi connectivity index (χ2n) is 25.8. The number of nitrogens with zero attached hydrogens (tertiary/aromatic N) is 2. The van der Waals surface area contributed by atoms with Crippen molar-refractivity contribution in [3.05, 3.63) is 376 Å².